The number of likely N-dealkylation sites (N-methyl/N-ethyl adjacent to an activating group) is 1. The molecular formula is C18H29N2+. The van der Waals surface area contributed by atoms with E-state index in [0.29, 0.717) is 6.04 Å². The second kappa shape index (κ2) is 5.25. The molecule has 20 heavy (non-hydrogen) atoms. The molecule has 0 spiro atoms. The zero-order valence-electron chi connectivity index (χ0n) is 14.1. The lowest BCUT2D eigenvalue weighted by molar-refractivity contribution is -1.03. The van der Waals surface area contributed by atoms with Crippen LogP contribution in [0.2, 0.25) is 0 Å². The summed E-state index contributed by atoms with van der Waals surface area (Å²) < 4.78 is 1.03. The minimum absolute atomic E-state index is 0.546. The van der Waals surface area contributed by atoms with E-state index in [-0.39, 0.29) is 0 Å². The maximum Gasteiger partial charge on any atom is 0.130 e. The van der Waals surface area contributed by atoms with Crippen LogP contribution in [0.5, 0.6) is 0 Å². The second-order valence-electron chi connectivity index (χ2n) is 6.21. The van der Waals surface area contributed by atoms with Gasteiger partial charge in [0.05, 0.1) is 25.8 Å². The highest BCUT2D eigenvalue weighted by Gasteiger charge is 2.42. The Hall–Kier alpha value is -1.28. The van der Waals surface area contributed by atoms with E-state index in [0.717, 1.165) is 17.7 Å². The van der Waals surface area contributed by atoms with Crippen LogP contribution in [-0.2, 0) is 0 Å². The normalized spacial score (nSPS) is 21.2. The number of hydrogen-bond donors (Lipinski definition) is 0. The van der Waals surface area contributed by atoms with Crippen molar-refractivity contribution in [1.82, 2.24) is 5.01 Å². The first-order valence-electron chi connectivity index (χ1n) is 7.78. The van der Waals surface area contributed by atoms with E-state index in [4.69, 9.17) is 0 Å². The molecule has 1 heterocycles. The van der Waals surface area contributed by atoms with Crippen LogP contribution in [0.1, 0.15) is 43.0 Å². The SMILES string of the molecule is CC[N+]1(CC)C(C)C=C(c2c(C)cc(C)cc2C)N1C. The zero-order valence-corrected chi connectivity index (χ0v) is 14.1. The molecule has 0 radical (unpaired) electrons. The molecule has 1 atom stereocenters. The fourth-order valence-corrected chi connectivity index (χ4v) is 4.02. The van der Waals surface area contributed by atoms with Crippen LogP contribution in [0.25, 0.3) is 5.70 Å². The molecule has 1 aliphatic rings. The lowest BCUT2D eigenvalue weighted by atomic mass is 9.97. The van der Waals surface area contributed by atoms with Gasteiger partial charge in [0, 0.05) is 11.6 Å². The van der Waals surface area contributed by atoms with Gasteiger partial charge in [-0.15, -0.1) is 0 Å². The number of nitrogens with zero attached hydrogens (tertiary/aromatic N) is 2. The highest BCUT2D eigenvalue weighted by molar-refractivity contribution is 5.70. The van der Waals surface area contributed by atoms with Crippen LogP contribution in [0, 0.1) is 20.8 Å². The summed E-state index contributed by atoms with van der Waals surface area (Å²) in [6.45, 7) is 15.9. The van der Waals surface area contributed by atoms with Gasteiger partial charge in [-0.3, -0.25) is 0 Å². The molecule has 2 nitrogen and oxygen atoms in total. The number of quaternary nitrogens is 1. The Morgan fingerprint density at radius 1 is 1.05 bits per heavy atom. The quantitative estimate of drug-likeness (QED) is 0.751. The first-order valence-corrected chi connectivity index (χ1v) is 7.78. The first-order chi connectivity index (χ1) is 9.37. The average molecular weight is 273 g/mol. The second-order valence-corrected chi connectivity index (χ2v) is 6.21. The minimum atomic E-state index is 0.546. The maximum atomic E-state index is 2.48. The topological polar surface area (TPSA) is 3.24 Å². The van der Waals surface area contributed by atoms with Crippen LogP contribution >= 0.6 is 0 Å². The van der Waals surface area contributed by atoms with Gasteiger partial charge in [-0.25, -0.2) is 9.60 Å². The van der Waals surface area contributed by atoms with E-state index in [1.165, 1.54) is 28.0 Å². The molecule has 1 aliphatic heterocycles. The van der Waals surface area contributed by atoms with Crippen molar-refractivity contribution >= 4 is 5.70 Å². The van der Waals surface area contributed by atoms with Crippen LogP contribution in [0.4, 0.5) is 0 Å². The van der Waals surface area contributed by atoms with Gasteiger partial charge in [-0.05, 0) is 52.7 Å². The third kappa shape index (κ3) is 2.07. The summed E-state index contributed by atoms with van der Waals surface area (Å²) in [5.41, 5.74) is 6.95. The molecule has 1 unspecified atom stereocenters. The number of hydrogen-bond acceptors (Lipinski definition) is 1. The summed E-state index contributed by atoms with van der Waals surface area (Å²) in [5.74, 6) is 0. The predicted octanol–water partition coefficient (Wildman–Crippen LogP) is 4.06. The van der Waals surface area contributed by atoms with Gasteiger partial charge < -0.3 is 0 Å². The van der Waals surface area contributed by atoms with E-state index in [9.17, 15) is 0 Å². The van der Waals surface area contributed by atoms with Gasteiger partial charge in [0.1, 0.15) is 6.04 Å². The molecule has 2 heteroatoms. The number of aryl methyl sites for hydroxylation is 3. The lowest BCUT2D eigenvalue weighted by Crippen LogP contribution is -2.58. The van der Waals surface area contributed by atoms with Crippen molar-refractivity contribution in [3.05, 3.63) is 40.5 Å². The van der Waals surface area contributed by atoms with Crippen molar-refractivity contribution in [3.8, 4) is 0 Å². The van der Waals surface area contributed by atoms with Gasteiger partial charge in [-0.1, -0.05) is 17.7 Å². The fraction of sp³-hybridized carbons (Fsp3) is 0.556. The molecule has 0 saturated heterocycles. The van der Waals surface area contributed by atoms with Crippen molar-refractivity contribution in [2.75, 3.05) is 20.1 Å². The van der Waals surface area contributed by atoms with Gasteiger partial charge >= 0.3 is 0 Å². The molecule has 110 valence electrons. The highest BCUT2D eigenvalue weighted by Crippen LogP contribution is 2.37. The van der Waals surface area contributed by atoms with Crippen molar-refractivity contribution in [2.45, 2.75) is 47.6 Å². The molecule has 2 rings (SSSR count). The van der Waals surface area contributed by atoms with E-state index >= 15 is 0 Å². The van der Waals surface area contributed by atoms with E-state index < -0.39 is 0 Å². The summed E-state index contributed by atoms with van der Waals surface area (Å²) in [4.78, 5) is 0. The summed E-state index contributed by atoms with van der Waals surface area (Å²) >= 11 is 0. The third-order valence-corrected chi connectivity index (χ3v) is 5.13. The molecule has 0 bridgehead atoms. The average Bonchev–Trinajstić information content (AvgIpc) is 2.61. The van der Waals surface area contributed by atoms with Gasteiger partial charge in [-0.2, -0.15) is 0 Å². The predicted molar refractivity (Wildman–Crippen MR) is 87.2 cm³/mol. The Bertz CT molecular complexity index is 515. The Kier molecular flexibility index (Phi) is 3.97. The van der Waals surface area contributed by atoms with Crippen LogP contribution in [-0.4, -0.2) is 35.8 Å². The molecule has 0 aromatic heterocycles. The molecular weight excluding hydrogens is 244 g/mol. The standard InChI is InChI=1S/C18H29N2/c1-8-20(9-2)16(6)12-17(19(20)7)18-14(4)10-13(3)11-15(18)5/h10-12,16H,8-9H2,1-7H3/q+1. The molecule has 1 aromatic rings. The smallest absolute Gasteiger partial charge is 0.130 e. The van der Waals surface area contributed by atoms with Gasteiger partial charge in [0.2, 0.25) is 0 Å². The van der Waals surface area contributed by atoms with E-state index in [1.54, 1.807) is 0 Å². The Morgan fingerprint density at radius 2 is 1.55 bits per heavy atom. The van der Waals surface area contributed by atoms with Crippen molar-refractivity contribution in [2.24, 2.45) is 0 Å². The van der Waals surface area contributed by atoms with Crippen molar-refractivity contribution in [1.29, 1.82) is 0 Å². The van der Waals surface area contributed by atoms with Gasteiger partial charge in [0.15, 0.2) is 0 Å². The number of benzene rings is 1. The highest BCUT2D eigenvalue weighted by atomic mass is 15.8. The molecule has 0 aliphatic carbocycles. The zero-order chi connectivity index (χ0) is 15.1. The molecule has 0 fully saturated rings. The fourth-order valence-electron chi connectivity index (χ4n) is 4.02. The molecule has 0 amide bonds. The van der Waals surface area contributed by atoms with Crippen molar-refractivity contribution < 1.29 is 4.59 Å². The lowest BCUT2D eigenvalue weighted by Gasteiger charge is -2.43. The van der Waals surface area contributed by atoms with E-state index in [1.807, 2.05) is 0 Å². The van der Waals surface area contributed by atoms with Crippen LogP contribution in [0.3, 0.4) is 0 Å². The van der Waals surface area contributed by atoms with Crippen molar-refractivity contribution in [3.63, 3.8) is 0 Å². The molecule has 0 saturated carbocycles. The monoisotopic (exact) mass is 273 g/mol. The Labute approximate surface area is 124 Å². The maximum absolute atomic E-state index is 2.48. The third-order valence-electron chi connectivity index (χ3n) is 5.13. The van der Waals surface area contributed by atoms with Gasteiger partial charge in [0.25, 0.3) is 0 Å². The largest absolute Gasteiger partial charge is 0.226 e. The van der Waals surface area contributed by atoms with Crippen LogP contribution in [0.15, 0.2) is 18.2 Å². The summed E-state index contributed by atoms with van der Waals surface area (Å²) in [6, 6.07) is 5.14. The Morgan fingerprint density at radius 3 is 1.95 bits per heavy atom. The first kappa shape index (κ1) is 15.1. The van der Waals surface area contributed by atoms with Crippen LogP contribution < -0.4 is 0 Å². The van der Waals surface area contributed by atoms with E-state index in [2.05, 4.69) is 71.8 Å². The number of rotatable bonds is 3. The minimum Gasteiger partial charge on any atom is -0.226 e. The molecule has 0 N–H and O–H groups in total. The summed E-state index contributed by atoms with van der Waals surface area (Å²) in [7, 11) is 2.25. The Balaban J connectivity index is 2.53. The summed E-state index contributed by atoms with van der Waals surface area (Å²) in [6.07, 6.45) is 2.46. The molecule has 1 aromatic carbocycles. The summed E-state index contributed by atoms with van der Waals surface area (Å²) in [5, 5.41) is 2.48.